The minimum absolute atomic E-state index is 0.0116. The first-order valence-corrected chi connectivity index (χ1v) is 8.16. The van der Waals surface area contributed by atoms with Gasteiger partial charge in [-0.15, -0.1) is 0 Å². The highest BCUT2D eigenvalue weighted by Crippen LogP contribution is 2.32. The van der Waals surface area contributed by atoms with Gasteiger partial charge in [-0.2, -0.15) is 0 Å². The SMILES string of the molecule is CCC1CCCCC1NC(=O)C1CCCCC1C(=O)O. The van der Waals surface area contributed by atoms with Crippen LogP contribution in [0.1, 0.15) is 64.7 Å². The Bertz CT molecular complexity index is 356. The van der Waals surface area contributed by atoms with Crippen molar-refractivity contribution in [3.63, 3.8) is 0 Å². The van der Waals surface area contributed by atoms with E-state index in [0.29, 0.717) is 12.3 Å². The number of hydrogen-bond acceptors (Lipinski definition) is 2. The molecule has 2 fully saturated rings. The molecule has 2 rings (SSSR count). The number of nitrogens with one attached hydrogen (secondary N) is 1. The van der Waals surface area contributed by atoms with Crippen LogP contribution in [0.15, 0.2) is 0 Å². The first-order chi connectivity index (χ1) is 9.63. The van der Waals surface area contributed by atoms with Gasteiger partial charge >= 0.3 is 5.97 Å². The summed E-state index contributed by atoms with van der Waals surface area (Å²) in [5, 5.41) is 12.5. The third-order valence-corrected chi connectivity index (χ3v) is 5.18. The number of amides is 1. The predicted octanol–water partition coefficient (Wildman–Crippen LogP) is 2.96. The van der Waals surface area contributed by atoms with Crippen molar-refractivity contribution >= 4 is 11.9 Å². The summed E-state index contributed by atoms with van der Waals surface area (Å²) >= 11 is 0. The summed E-state index contributed by atoms with van der Waals surface area (Å²) in [6, 6.07) is 0.262. The van der Waals surface area contributed by atoms with Crippen molar-refractivity contribution < 1.29 is 14.7 Å². The molecule has 0 bridgehead atoms. The number of hydrogen-bond donors (Lipinski definition) is 2. The van der Waals surface area contributed by atoms with Crippen molar-refractivity contribution in [2.24, 2.45) is 17.8 Å². The van der Waals surface area contributed by atoms with Crippen LogP contribution in [-0.4, -0.2) is 23.0 Å². The van der Waals surface area contributed by atoms with E-state index < -0.39 is 11.9 Å². The Morgan fingerprint density at radius 2 is 1.60 bits per heavy atom. The van der Waals surface area contributed by atoms with Gasteiger partial charge in [0.25, 0.3) is 0 Å². The number of rotatable bonds is 4. The van der Waals surface area contributed by atoms with Crippen LogP contribution in [0.2, 0.25) is 0 Å². The lowest BCUT2D eigenvalue weighted by molar-refractivity contribution is -0.149. The van der Waals surface area contributed by atoms with E-state index in [1.165, 1.54) is 19.3 Å². The molecule has 4 heteroatoms. The first kappa shape index (κ1) is 15.3. The van der Waals surface area contributed by atoms with Crippen molar-refractivity contribution in [2.75, 3.05) is 0 Å². The highest BCUT2D eigenvalue weighted by atomic mass is 16.4. The normalized spacial score (nSPS) is 34.5. The van der Waals surface area contributed by atoms with Gasteiger partial charge in [0.05, 0.1) is 11.8 Å². The van der Waals surface area contributed by atoms with E-state index >= 15 is 0 Å². The van der Waals surface area contributed by atoms with E-state index in [2.05, 4.69) is 12.2 Å². The van der Waals surface area contributed by atoms with Gasteiger partial charge in [0.2, 0.25) is 5.91 Å². The topological polar surface area (TPSA) is 66.4 Å². The molecule has 0 heterocycles. The zero-order chi connectivity index (χ0) is 14.5. The minimum atomic E-state index is -0.805. The van der Waals surface area contributed by atoms with Crippen molar-refractivity contribution in [3.8, 4) is 0 Å². The van der Waals surface area contributed by atoms with E-state index in [9.17, 15) is 14.7 Å². The molecule has 0 spiro atoms. The molecule has 0 aromatic carbocycles. The molecular formula is C16H27NO3. The molecule has 1 amide bonds. The summed E-state index contributed by atoms with van der Waals surface area (Å²) in [4.78, 5) is 23.8. The Labute approximate surface area is 121 Å². The van der Waals surface area contributed by atoms with Gasteiger partial charge in [0.15, 0.2) is 0 Å². The molecule has 4 nitrogen and oxygen atoms in total. The van der Waals surface area contributed by atoms with Crippen LogP contribution in [-0.2, 0) is 9.59 Å². The maximum Gasteiger partial charge on any atom is 0.307 e. The van der Waals surface area contributed by atoms with Crippen LogP contribution < -0.4 is 5.32 Å². The molecule has 0 aliphatic heterocycles. The van der Waals surface area contributed by atoms with Crippen molar-refractivity contribution in [2.45, 2.75) is 70.8 Å². The van der Waals surface area contributed by atoms with E-state index in [1.54, 1.807) is 0 Å². The van der Waals surface area contributed by atoms with Gasteiger partial charge in [-0.1, -0.05) is 39.0 Å². The molecule has 4 atom stereocenters. The summed E-state index contributed by atoms with van der Waals surface area (Å²) in [6.45, 7) is 2.18. The Balaban J connectivity index is 1.96. The average Bonchev–Trinajstić information content (AvgIpc) is 2.47. The Hall–Kier alpha value is -1.06. The third kappa shape index (κ3) is 3.53. The lowest BCUT2D eigenvalue weighted by Gasteiger charge is -2.34. The van der Waals surface area contributed by atoms with Gasteiger partial charge in [0.1, 0.15) is 0 Å². The van der Waals surface area contributed by atoms with E-state index in [-0.39, 0.29) is 17.9 Å². The standard InChI is InChI=1S/C16H27NO3/c1-2-11-7-3-6-10-14(11)17-15(18)12-8-4-5-9-13(12)16(19)20/h11-14H,2-10H2,1H3,(H,17,18)(H,19,20). The van der Waals surface area contributed by atoms with Gasteiger partial charge in [0, 0.05) is 6.04 Å². The van der Waals surface area contributed by atoms with E-state index in [0.717, 1.165) is 32.1 Å². The second kappa shape index (κ2) is 7.09. The van der Waals surface area contributed by atoms with Crippen molar-refractivity contribution in [3.05, 3.63) is 0 Å². The fourth-order valence-electron chi connectivity index (χ4n) is 3.92. The number of carbonyl (C=O) groups excluding carboxylic acids is 1. The van der Waals surface area contributed by atoms with Gasteiger partial charge in [-0.3, -0.25) is 9.59 Å². The second-order valence-electron chi connectivity index (χ2n) is 6.40. The largest absolute Gasteiger partial charge is 0.481 e. The second-order valence-corrected chi connectivity index (χ2v) is 6.40. The highest BCUT2D eigenvalue weighted by Gasteiger charge is 2.37. The van der Waals surface area contributed by atoms with Gasteiger partial charge in [-0.25, -0.2) is 0 Å². The van der Waals surface area contributed by atoms with Crippen LogP contribution in [0.3, 0.4) is 0 Å². The van der Waals surface area contributed by atoms with Crippen molar-refractivity contribution in [1.29, 1.82) is 0 Å². The Kier molecular flexibility index (Phi) is 5.44. The first-order valence-electron chi connectivity index (χ1n) is 8.16. The van der Waals surface area contributed by atoms with Crippen LogP contribution in [0.4, 0.5) is 0 Å². The average molecular weight is 281 g/mol. The molecule has 0 saturated heterocycles. The Morgan fingerprint density at radius 1 is 1.00 bits per heavy atom. The number of carbonyl (C=O) groups is 2. The van der Waals surface area contributed by atoms with Crippen LogP contribution in [0, 0.1) is 17.8 Å². The monoisotopic (exact) mass is 281 g/mol. The molecule has 2 saturated carbocycles. The molecule has 2 aliphatic carbocycles. The maximum absolute atomic E-state index is 12.5. The zero-order valence-electron chi connectivity index (χ0n) is 12.4. The highest BCUT2D eigenvalue weighted by molar-refractivity contribution is 5.85. The smallest absolute Gasteiger partial charge is 0.307 e. The molecular weight excluding hydrogens is 254 g/mol. The fourth-order valence-corrected chi connectivity index (χ4v) is 3.92. The zero-order valence-corrected chi connectivity index (χ0v) is 12.4. The lowest BCUT2D eigenvalue weighted by atomic mass is 9.77. The van der Waals surface area contributed by atoms with E-state index in [4.69, 9.17) is 0 Å². The summed E-state index contributed by atoms with van der Waals surface area (Å²) in [6.07, 6.45) is 9.05. The molecule has 0 radical (unpaired) electrons. The molecule has 4 unspecified atom stereocenters. The number of carboxylic acid groups (broad SMARTS) is 1. The lowest BCUT2D eigenvalue weighted by Crippen LogP contribution is -2.47. The molecule has 2 aliphatic rings. The van der Waals surface area contributed by atoms with Crippen LogP contribution in [0.25, 0.3) is 0 Å². The molecule has 0 aromatic heterocycles. The molecule has 2 N–H and O–H groups in total. The predicted molar refractivity (Wildman–Crippen MR) is 77.3 cm³/mol. The third-order valence-electron chi connectivity index (χ3n) is 5.18. The maximum atomic E-state index is 12.5. The summed E-state index contributed by atoms with van der Waals surface area (Å²) in [7, 11) is 0. The molecule has 20 heavy (non-hydrogen) atoms. The fraction of sp³-hybridized carbons (Fsp3) is 0.875. The summed E-state index contributed by atoms with van der Waals surface area (Å²) in [5.41, 5.74) is 0. The number of aliphatic carboxylic acids is 1. The quantitative estimate of drug-likeness (QED) is 0.832. The number of carboxylic acids is 1. The summed E-state index contributed by atoms with van der Waals surface area (Å²) < 4.78 is 0. The van der Waals surface area contributed by atoms with Crippen LogP contribution in [0.5, 0.6) is 0 Å². The van der Waals surface area contributed by atoms with Gasteiger partial charge < -0.3 is 10.4 Å². The Morgan fingerprint density at radius 3 is 2.25 bits per heavy atom. The molecule has 114 valence electrons. The minimum Gasteiger partial charge on any atom is -0.481 e. The van der Waals surface area contributed by atoms with Crippen LogP contribution >= 0.6 is 0 Å². The van der Waals surface area contributed by atoms with Gasteiger partial charge in [-0.05, 0) is 31.6 Å². The summed E-state index contributed by atoms with van der Waals surface area (Å²) in [5.74, 6) is -1.05. The van der Waals surface area contributed by atoms with Crippen molar-refractivity contribution in [1.82, 2.24) is 5.32 Å². The van der Waals surface area contributed by atoms with E-state index in [1.807, 2.05) is 0 Å². The molecule has 0 aromatic rings.